The van der Waals surface area contributed by atoms with Crippen molar-refractivity contribution in [1.29, 1.82) is 0 Å². The summed E-state index contributed by atoms with van der Waals surface area (Å²) in [6.45, 7) is 9.40. The van der Waals surface area contributed by atoms with E-state index >= 15 is 0 Å². The minimum atomic E-state index is 0.0244. The van der Waals surface area contributed by atoms with Gasteiger partial charge in [0.15, 0.2) is 0 Å². The van der Waals surface area contributed by atoms with E-state index in [0.717, 1.165) is 6.42 Å². The molecule has 0 unspecified atom stereocenters. The van der Waals surface area contributed by atoms with Crippen molar-refractivity contribution in [3.8, 4) is 0 Å². The molecule has 1 aromatic carbocycles. The van der Waals surface area contributed by atoms with Crippen LogP contribution in [-0.2, 0) is 12.0 Å². The molecule has 1 aliphatic carbocycles. The van der Waals surface area contributed by atoms with Crippen LogP contribution < -0.4 is 5.32 Å². The highest BCUT2D eigenvalue weighted by Gasteiger charge is 2.41. The fraction of sp³-hybridized carbons (Fsp3) is 0.619. The topological polar surface area (TPSA) is 17.0 Å². The third kappa shape index (κ3) is 2.42. The molecule has 1 aromatic heterocycles. The molecule has 2 heteroatoms. The van der Waals surface area contributed by atoms with E-state index in [1.165, 1.54) is 48.6 Å². The summed E-state index contributed by atoms with van der Waals surface area (Å²) in [5.74, 6) is 0. The number of rotatable bonds is 1. The summed E-state index contributed by atoms with van der Waals surface area (Å²) in [6.07, 6.45) is 8.00. The number of hydrogen-bond acceptors (Lipinski definition) is 1. The van der Waals surface area contributed by atoms with Crippen LogP contribution in [0.2, 0.25) is 0 Å². The molecule has 2 aromatic rings. The van der Waals surface area contributed by atoms with Crippen LogP contribution in [0.15, 0.2) is 24.3 Å². The summed E-state index contributed by atoms with van der Waals surface area (Å²) < 4.78 is 2.73. The lowest BCUT2D eigenvalue weighted by Gasteiger charge is -2.44. The van der Waals surface area contributed by atoms with Crippen LogP contribution in [0.5, 0.6) is 0 Å². The number of benzene rings is 1. The van der Waals surface area contributed by atoms with Gasteiger partial charge < -0.3 is 9.88 Å². The zero-order valence-electron chi connectivity index (χ0n) is 15.1. The van der Waals surface area contributed by atoms with Gasteiger partial charge in [0, 0.05) is 45.7 Å². The molecule has 4 rings (SSSR count). The molecule has 1 fully saturated rings. The van der Waals surface area contributed by atoms with Gasteiger partial charge in [-0.05, 0) is 46.6 Å². The second-order valence-corrected chi connectivity index (χ2v) is 8.81. The van der Waals surface area contributed by atoms with E-state index in [0.29, 0.717) is 6.04 Å². The Labute approximate surface area is 140 Å². The van der Waals surface area contributed by atoms with Crippen LogP contribution in [-0.4, -0.2) is 10.1 Å². The number of nitrogens with zero attached hydrogens (tertiary/aromatic N) is 1. The standard InChI is InChI=1S/C21H30N2/c1-20(2)14-18-19(21(3,4)22-20)16-12-8-9-13-17(16)23(18)15-10-6-5-7-11-15/h8-9,12-13,15,22H,5-7,10-11,14H2,1-4H3. The van der Waals surface area contributed by atoms with Gasteiger partial charge in [-0.1, -0.05) is 37.5 Å². The molecule has 0 bridgehead atoms. The average Bonchev–Trinajstić information content (AvgIpc) is 2.80. The second kappa shape index (κ2) is 5.11. The highest BCUT2D eigenvalue weighted by Crippen LogP contribution is 2.44. The van der Waals surface area contributed by atoms with Gasteiger partial charge in [0.25, 0.3) is 0 Å². The molecule has 0 atom stereocenters. The summed E-state index contributed by atoms with van der Waals surface area (Å²) in [6, 6.07) is 9.77. The first-order chi connectivity index (χ1) is 10.9. The van der Waals surface area contributed by atoms with E-state index < -0.39 is 0 Å². The highest BCUT2D eigenvalue weighted by molar-refractivity contribution is 5.87. The number of para-hydroxylation sites is 1. The highest BCUT2D eigenvalue weighted by atomic mass is 15.1. The lowest BCUT2D eigenvalue weighted by atomic mass is 9.79. The molecule has 1 saturated carbocycles. The Morgan fingerprint density at radius 2 is 1.70 bits per heavy atom. The van der Waals surface area contributed by atoms with Crippen molar-refractivity contribution in [2.24, 2.45) is 0 Å². The van der Waals surface area contributed by atoms with Gasteiger partial charge in [-0.15, -0.1) is 0 Å². The Hall–Kier alpha value is -1.28. The Bertz CT molecular complexity index is 730. The largest absolute Gasteiger partial charge is 0.341 e. The van der Waals surface area contributed by atoms with E-state index in [4.69, 9.17) is 0 Å². The van der Waals surface area contributed by atoms with Gasteiger partial charge >= 0.3 is 0 Å². The van der Waals surface area contributed by atoms with Crippen molar-refractivity contribution in [3.63, 3.8) is 0 Å². The molecule has 23 heavy (non-hydrogen) atoms. The first-order valence-electron chi connectivity index (χ1n) is 9.31. The van der Waals surface area contributed by atoms with Crippen LogP contribution in [0.25, 0.3) is 10.9 Å². The quantitative estimate of drug-likeness (QED) is 0.755. The van der Waals surface area contributed by atoms with Crippen molar-refractivity contribution in [2.45, 2.75) is 83.3 Å². The fourth-order valence-electron chi connectivity index (χ4n) is 5.31. The van der Waals surface area contributed by atoms with Gasteiger partial charge in [0.2, 0.25) is 0 Å². The zero-order chi connectivity index (χ0) is 16.2. The minimum Gasteiger partial charge on any atom is -0.341 e. The zero-order valence-corrected chi connectivity index (χ0v) is 15.1. The first-order valence-corrected chi connectivity index (χ1v) is 9.31. The average molecular weight is 310 g/mol. The number of nitrogens with one attached hydrogen (secondary N) is 1. The summed E-state index contributed by atoms with van der Waals surface area (Å²) in [7, 11) is 0. The van der Waals surface area contributed by atoms with Crippen molar-refractivity contribution in [1.82, 2.24) is 9.88 Å². The molecular weight excluding hydrogens is 280 g/mol. The maximum Gasteiger partial charge on any atom is 0.0488 e. The Balaban J connectivity index is 1.99. The van der Waals surface area contributed by atoms with Gasteiger partial charge in [0.05, 0.1) is 0 Å². The summed E-state index contributed by atoms with van der Waals surface area (Å²) >= 11 is 0. The molecule has 1 N–H and O–H groups in total. The lowest BCUT2D eigenvalue weighted by Crippen LogP contribution is -2.55. The van der Waals surface area contributed by atoms with E-state index in [1.807, 2.05) is 0 Å². The molecule has 0 radical (unpaired) electrons. The van der Waals surface area contributed by atoms with Gasteiger partial charge in [-0.3, -0.25) is 0 Å². The normalized spacial score (nSPS) is 23.8. The van der Waals surface area contributed by atoms with E-state index in [-0.39, 0.29) is 11.1 Å². The Morgan fingerprint density at radius 3 is 2.43 bits per heavy atom. The Morgan fingerprint density at radius 1 is 1.00 bits per heavy atom. The summed E-state index contributed by atoms with van der Waals surface area (Å²) in [4.78, 5) is 0. The van der Waals surface area contributed by atoms with Crippen molar-refractivity contribution in [2.75, 3.05) is 0 Å². The monoisotopic (exact) mass is 310 g/mol. The third-order valence-electron chi connectivity index (χ3n) is 5.84. The molecule has 124 valence electrons. The summed E-state index contributed by atoms with van der Waals surface area (Å²) in [5.41, 5.74) is 4.76. The predicted molar refractivity (Wildman–Crippen MR) is 98.0 cm³/mol. The maximum atomic E-state index is 3.88. The smallest absolute Gasteiger partial charge is 0.0488 e. The van der Waals surface area contributed by atoms with Gasteiger partial charge in [-0.2, -0.15) is 0 Å². The minimum absolute atomic E-state index is 0.0244. The van der Waals surface area contributed by atoms with Crippen molar-refractivity contribution >= 4 is 10.9 Å². The van der Waals surface area contributed by atoms with Crippen molar-refractivity contribution in [3.05, 3.63) is 35.5 Å². The van der Waals surface area contributed by atoms with E-state index in [9.17, 15) is 0 Å². The second-order valence-electron chi connectivity index (χ2n) is 8.81. The number of hydrogen-bond donors (Lipinski definition) is 1. The SMILES string of the molecule is CC1(C)Cc2c(c3ccccc3n2C2CCCCC2)C(C)(C)N1. The van der Waals surface area contributed by atoms with Gasteiger partial charge in [-0.25, -0.2) is 0 Å². The molecule has 1 aliphatic heterocycles. The van der Waals surface area contributed by atoms with Crippen molar-refractivity contribution < 1.29 is 0 Å². The van der Waals surface area contributed by atoms with Crippen LogP contribution in [0.3, 0.4) is 0 Å². The number of fused-ring (bicyclic) bond motifs is 3. The van der Waals surface area contributed by atoms with Crippen LogP contribution >= 0.6 is 0 Å². The fourth-order valence-corrected chi connectivity index (χ4v) is 5.31. The Kier molecular flexibility index (Phi) is 3.39. The molecule has 2 heterocycles. The maximum absolute atomic E-state index is 3.88. The van der Waals surface area contributed by atoms with Crippen LogP contribution in [0.1, 0.15) is 77.1 Å². The van der Waals surface area contributed by atoms with E-state index in [2.05, 4.69) is 61.8 Å². The predicted octanol–water partition coefficient (Wildman–Crippen LogP) is 5.31. The van der Waals surface area contributed by atoms with Gasteiger partial charge in [0.1, 0.15) is 0 Å². The van der Waals surface area contributed by atoms with E-state index in [1.54, 1.807) is 5.69 Å². The van der Waals surface area contributed by atoms with Crippen LogP contribution in [0.4, 0.5) is 0 Å². The molecule has 0 spiro atoms. The molecule has 2 aliphatic rings. The first kappa shape index (κ1) is 15.3. The number of aromatic nitrogens is 1. The lowest BCUT2D eigenvalue weighted by molar-refractivity contribution is 0.232. The molecular formula is C21H30N2. The third-order valence-corrected chi connectivity index (χ3v) is 5.84. The molecule has 2 nitrogen and oxygen atoms in total. The van der Waals surface area contributed by atoms with Crippen LogP contribution in [0, 0.1) is 0 Å². The molecule has 0 amide bonds. The molecule has 0 saturated heterocycles. The summed E-state index contributed by atoms with van der Waals surface area (Å²) in [5, 5.41) is 5.34.